The van der Waals surface area contributed by atoms with Crippen molar-refractivity contribution in [2.24, 2.45) is 0 Å². The maximum Gasteiger partial charge on any atom is 0.0528 e. The van der Waals surface area contributed by atoms with Crippen molar-refractivity contribution < 1.29 is 5.11 Å². The summed E-state index contributed by atoms with van der Waals surface area (Å²) in [5.41, 5.74) is 4.18. The van der Waals surface area contributed by atoms with Gasteiger partial charge in [-0.15, -0.1) is 0 Å². The molecule has 0 aromatic heterocycles. The topological polar surface area (TPSA) is 20.2 Å². The van der Waals surface area contributed by atoms with Gasteiger partial charge in [0.05, 0.1) is 6.61 Å². The Morgan fingerprint density at radius 3 is 2.44 bits per heavy atom. The van der Waals surface area contributed by atoms with Gasteiger partial charge in [-0.3, -0.25) is 0 Å². The first-order valence-corrected chi connectivity index (χ1v) is 6.31. The summed E-state index contributed by atoms with van der Waals surface area (Å²) >= 11 is 0. The smallest absolute Gasteiger partial charge is 0.0528 e. The second-order valence-corrected chi connectivity index (χ2v) is 5.52. The molecule has 1 aliphatic carbocycles. The van der Waals surface area contributed by atoms with E-state index in [1.165, 1.54) is 23.1 Å². The number of aliphatic hydroxyl groups is 1. The van der Waals surface area contributed by atoms with Gasteiger partial charge in [0.15, 0.2) is 0 Å². The van der Waals surface area contributed by atoms with Crippen LogP contribution in [0.25, 0.3) is 0 Å². The number of aliphatic hydroxyl groups excluding tert-OH is 1. The number of hydrogen-bond acceptors (Lipinski definition) is 1. The fourth-order valence-corrected chi connectivity index (χ4v) is 2.69. The quantitative estimate of drug-likeness (QED) is 0.823. The van der Waals surface area contributed by atoms with Crippen LogP contribution in [0.15, 0.2) is 18.2 Å². The molecule has 0 unspecified atom stereocenters. The molecule has 1 fully saturated rings. The van der Waals surface area contributed by atoms with Crippen molar-refractivity contribution >= 4 is 0 Å². The molecule has 1 aliphatic rings. The van der Waals surface area contributed by atoms with E-state index in [2.05, 4.69) is 39.0 Å². The Bertz CT molecular complexity index is 370. The molecule has 1 aromatic carbocycles. The van der Waals surface area contributed by atoms with Crippen LogP contribution in [0.3, 0.4) is 0 Å². The summed E-state index contributed by atoms with van der Waals surface area (Å²) in [4.78, 5) is 0. The van der Waals surface area contributed by atoms with E-state index < -0.39 is 0 Å². The van der Waals surface area contributed by atoms with Crippen molar-refractivity contribution in [3.05, 3.63) is 34.9 Å². The Morgan fingerprint density at radius 2 is 2.00 bits per heavy atom. The molecule has 0 aliphatic heterocycles. The summed E-state index contributed by atoms with van der Waals surface area (Å²) < 4.78 is 0. The lowest BCUT2D eigenvalue weighted by molar-refractivity contribution is 0.119. The second kappa shape index (κ2) is 4.21. The van der Waals surface area contributed by atoms with Gasteiger partial charge in [0.25, 0.3) is 0 Å². The fraction of sp³-hybridized carbons (Fsp3) is 0.600. The maximum absolute atomic E-state index is 9.64. The molecule has 1 saturated carbocycles. The van der Waals surface area contributed by atoms with Crippen molar-refractivity contribution in [3.63, 3.8) is 0 Å². The van der Waals surface area contributed by atoms with Crippen LogP contribution in [0.1, 0.15) is 55.7 Å². The number of hydrogen-bond donors (Lipinski definition) is 1. The van der Waals surface area contributed by atoms with Gasteiger partial charge in [-0.25, -0.2) is 0 Å². The van der Waals surface area contributed by atoms with Gasteiger partial charge < -0.3 is 5.11 Å². The van der Waals surface area contributed by atoms with Gasteiger partial charge in [-0.05, 0) is 42.4 Å². The molecular weight excluding hydrogens is 196 g/mol. The predicted molar refractivity (Wildman–Crippen MR) is 67.9 cm³/mol. The predicted octanol–water partition coefficient (Wildman–Crippen LogP) is 3.53. The van der Waals surface area contributed by atoms with Crippen LogP contribution in [-0.4, -0.2) is 11.7 Å². The third kappa shape index (κ3) is 1.78. The van der Waals surface area contributed by atoms with Crippen molar-refractivity contribution in [2.75, 3.05) is 6.61 Å². The van der Waals surface area contributed by atoms with Crippen LogP contribution in [0.5, 0.6) is 0 Å². The average Bonchev–Trinajstić information content (AvgIpc) is 2.19. The molecule has 16 heavy (non-hydrogen) atoms. The van der Waals surface area contributed by atoms with Crippen LogP contribution in [-0.2, 0) is 5.41 Å². The molecule has 0 radical (unpaired) electrons. The highest BCUT2D eigenvalue weighted by Gasteiger charge is 2.39. The fourth-order valence-electron chi connectivity index (χ4n) is 2.69. The van der Waals surface area contributed by atoms with Gasteiger partial charge in [-0.2, -0.15) is 0 Å². The number of aryl methyl sites for hydroxylation is 1. The molecule has 0 spiro atoms. The minimum Gasteiger partial charge on any atom is -0.395 e. The van der Waals surface area contributed by atoms with E-state index in [4.69, 9.17) is 0 Å². The molecule has 0 amide bonds. The molecule has 0 heterocycles. The Balaban J connectivity index is 2.42. The highest BCUT2D eigenvalue weighted by molar-refractivity contribution is 5.39. The van der Waals surface area contributed by atoms with Gasteiger partial charge in [0, 0.05) is 5.41 Å². The van der Waals surface area contributed by atoms with Crippen LogP contribution in [0.2, 0.25) is 0 Å². The highest BCUT2D eigenvalue weighted by atomic mass is 16.3. The third-order valence-electron chi connectivity index (χ3n) is 4.11. The van der Waals surface area contributed by atoms with Crippen LogP contribution in [0.4, 0.5) is 0 Å². The van der Waals surface area contributed by atoms with Crippen molar-refractivity contribution in [3.8, 4) is 0 Å². The molecular formula is C15H22O. The number of rotatable bonds is 3. The summed E-state index contributed by atoms with van der Waals surface area (Å²) in [5, 5.41) is 9.64. The lowest BCUT2D eigenvalue weighted by Gasteiger charge is -2.42. The molecule has 88 valence electrons. The third-order valence-corrected chi connectivity index (χ3v) is 4.11. The summed E-state index contributed by atoms with van der Waals surface area (Å²) in [6.07, 6.45) is 3.55. The molecule has 1 heteroatoms. The standard InChI is InChI=1S/C15H22O/c1-11(2)13-6-5-12(3)14(9-13)15(10-16)7-4-8-15/h5-6,9,11,16H,4,7-8,10H2,1-3H3. The Hall–Kier alpha value is -0.820. The summed E-state index contributed by atoms with van der Waals surface area (Å²) in [6.45, 7) is 6.91. The SMILES string of the molecule is Cc1ccc(C(C)C)cc1C1(CO)CCC1. The van der Waals surface area contributed by atoms with Gasteiger partial charge >= 0.3 is 0 Å². The molecule has 2 rings (SSSR count). The van der Waals surface area contributed by atoms with E-state index in [0.29, 0.717) is 12.5 Å². The zero-order valence-electron chi connectivity index (χ0n) is 10.6. The highest BCUT2D eigenvalue weighted by Crippen LogP contribution is 2.45. The minimum atomic E-state index is 0.0784. The largest absolute Gasteiger partial charge is 0.395 e. The van der Waals surface area contributed by atoms with E-state index in [1.807, 2.05) is 0 Å². The molecule has 0 atom stereocenters. The lowest BCUT2D eigenvalue weighted by Crippen LogP contribution is -2.38. The number of benzene rings is 1. The Morgan fingerprint density at radius 1 is 1.31 bits per heavy atom. The van der Waals surface area contributed by atoms with Gasteiger partial charge in [-0.1, -0.05) is 38.5 Å². The first-order chi connectivity index (χ1) is 7.59. The van der Waals surface area contributed by atoms with Crippen LogP contribution < -0.4 is 0 Å². The lowest BCUT2D eigenvalue weighted by atomic mass is 9.63. The second-order valence-electron chi connectivity index (χ2n) is 5.52. The zero-order chi connectivity index (χ0) is 11.8. The van der Waals surface area contributed by atoms with E-state index in [0.717, 1.165) is 12.8 Å². The molecule has 1 N–H and O–H groups in total. The maximum atomic E-state index is 9.64. The zero-order valence-corrected chi connectivity index (χ0v) is 10.6. The minimum absolute atomic E-state index is 0.0784. The average molecular weight is 218 g/mol. The first kappa shape index (κ1) is 11.7. The van der Waals surface area contributed by atoms with Crippen LogP contribution >= 0.6 is 0 Å². The van der Waals surface area contributed by atoms with E-state index in [9.17, 15) is 5.11 Å². The molecule has 0 saturated heterocycles. The first-order valence-electron chi connectivity index (χ1n) is 6.31. The van der Waals surface area contributed by atoms with E-state index >= 15 is 0 Å². The van der Waals surface area contributed by atoms with Crippen molar-refractivity contribution in [2.45, 2.75) is 51.4 Å². The summed E-state index contributed by atoms with van der Waals surface area (Å²) in [5.74, 6) is 0.565. The summed E-state index contributed by atoms with van der Waals surface area (Å²) in [6, 6.07) is 6.74. The monoisotopic (exact) mass is 218 g/mol. The molecule has 1 aromatic rings. The van der Waals surface area contributed by atoms with Gasteiger partial charge in [0.2, 0.25) is 0 Å². The van der Waals surface area contributed by atoms with E-state index in [-0.39, 0.29) is 5.41 Å². The van der Waals surface area contributed by atoms with Crippen molar-refractivity contribution in [1.82, 2.24) is 0 Å². The van der Waals surface area contributed by atoms with Gasteiger partial charge in [0.1, 0.15) is 0 Å². The Labute approximate surface area is 98.5 Å². The van der Waals surface area contributed by atoms with Crippen molar-refractivity contribution in [1.29, 1.82) is 0 Å². The molecule has 0 bridgehead atoms. The van der Waals surface area contributed by atoms with E-state index in [1.54, 1.807) is 0 Å². The molecule has 1 nitrogen and oxygen atoms in total. The normalized spacial score (nSPS) is 18.6. The summed E-state index contributed by atoms with van der Waals surface area (Å²) in [7, 11) is 0. The van der Waals surface area contributed by atoms with Crippen LogP contribution in [0, 0.1) is 6.92 Å². The Kier molecular flexibility index (Phi) is 3.07.